The summed E-state index contributed by atoms with van der Waals surface area (Å²) in [6, 6.07) is 16.0. The molecule has 5 rings (SSSR count). The second kappa shape index (κ2) is 8.28. The number of likely N-dealkylation sites (tertiary alicyclic amines) is 1. The molecule has 3 heterocycles. The lowest BCUT2D eigenvalue weighted by Crippen LogP contribution is -2.39. The topological polar surface area (TPSA) is 60.2 Å². The number of hydrogen-bond acceptors (Lipinski definition) is 5. The molecule has 4 aromatic rings. The first-order valence-corrected chi connectivity index (χ1v) is 11.0. The third-order valence-corrected chi connectivity index (χ3v) is 6.21. The van der Waals surface area contributed by atoms with E-state index in [-0.39, 0.29) is 5.91 Å². The van der Waals surface area contributed by atoms with E-state index in [2.05, 4.69) is 20.6 Å². The van der Waals surface area contributed by atoms with Crippen molar-refractivity contribution in [1.82, 2.24) is 19.4 Å². The molecule has 0 radical (unpaired) electrons. The first-order valence-electron chi connectivity index (χ1n) is 10.1. The predicted molar refractivity (Wildman–Crippen MR) is 117 cm³/mol. The van der Waals surface area contributed by atoms with Gasteiger partial charge in [-0.2, -0.15) is 0 Å². The second-order valence-corrected chi connectivity index (χ2v) is 8.18. The number of nitrogens with zero attached hydrogens (tertiary/aromatic N) is 4. The maximum Gasteiger partial charge on any atom is 0.253 e. The van der Waals surface area contributed by atoms with Crippen LogP contribution in [-0.2, 0) is 6.61 Å². The van der Waals surface area contributed by atoms with Gasteiger partial charge in [-0.15, -0.1) is 11.3 Å². The molecule has 0 saturated carbocycles. The van der Waals surface area contributed by atoms with Crippen molar-refractivity contribution in [3.8, 4) is 5.75 Å². The third-order valence-electron chi connectivity index (χ3n) is 5.58. The lowest BCUT2D eigenvalue weighted by molar-refractivity contribution is 0.0695. The number of imidazole rings is 1. The first-order chi connectivity index (χ1) is 14.8. The Morgan fingerprint density at radius 1 is 1.10 bits per heavy atom. The predicted octanol–water partition coefficient (Wildman–Crippen LogP) is 4.55. The van der Waals surface area contributed by atoms with Crippen molar-refractivity contribution in [1.29, 1.82) is 0 Å². The standard InChI is InChI=1S/C23H22N4O2S/c28-23(17-4-3-5-20(12-17)29-13-18-14-30-16-25-18)26-10-8-19(9-11-26)27-15-24-21-6-1-2-7-22(21)27/h1-7,12,14-16,19H,8-11,13H2. The lowest BCUT2D eigenvalue weighted by Gasteiger charge is -2.33. The minimum Gasteiger partial charge on any atom is -0.487 e. The zero-order chi connectivity index (χ0) is 20.3. The van der Waals surface area contributed by atoms with Crippen LogP contribution < -0.4 is 4.74 Å². The van der Waals surface area contributed by atoms with Crippen LogP contribution >= 0.6 is 11.3 Å². The van der Waals surface area contributed by atoms with Crippen LogP contribution in [0.5, 0.6) is 5.75 Å². The first kappa shape index (κ1) is 18.8. The summed E-state index contributed by atoms with van der Waals surface area (Å²) in [6.07, 6.45) is 3.77. The molecular weight excluding hydrogens is 396 g/mol. The molecule has 1 aliphatic rings. The fourth-order valence-corrected chi connectivity index (χ4v) is 4.53. The highest BCUT2D eigenvalue weighted by Gasteiger charge is 2.25. The molecule has 1 amide bonds. The molecular formula is C23H22N4O2S. The van der Waals surface area contributed by atoms with Crippen molar-refractivity contribution >= 4 is 28.3 Å². The van der Waals surface area contributed by atoms with Gasteiger partial charge in [0.25, 0.3) is 5.91 Å². The fraction of sp³-hybridized carbons (Fsp3) is 0.261. The average molecular weight is 419 g/mol. The summed E-state index contributed by atoms with van der Waals surface area (Å²) >= 11 is 1.54. The molecule has 30 heavy (non-hydrogen) atoms. The normalized spacial score (nSPS) is 14.9. The zero-order valence-electron chi connectivity index (χ0n) is 16.5. The maximum atomic E-state index is 13.0. The van der Waals surface area contributed by atoms with E-state index in [4.69, 9.17) is 4.74 Å². The van der Waals surface area contributed by atoms with Gasteiger partial charge in [0.05, 0.1) is 28.6 Å². The van der Waals surface area contributed by atoms with Gasteiger partial charge in [0.1, 0.15) is 12.4 Å². The van der Waals surface area contributed by atoms with Gasteiger partial charge in [-0.1, -0.05) is 18.2 Å². The number of amides is 1. The molecule has 1 fully saturated rings. The quantitative estimate of drug-likeness (QED) is 0.477. The molecule has 0 bridgehead atoms. The van der Waals surface area contributed by atoms with E-state index in [9.17, 15) is 4.79 Å². The van der Waals surface area contributed by atoms with Gasteiger partial charge in [0.15, 0.2) is 0 Å². The number of fused-ring (bicyclic) bond motifs is 1. The Balaban J connectivity index is 1.23. The highest BCUT2D eigenvalue weighted by Crippen LogP contribution is 2.27. The van der Waals surface area contributed by atoms with Crippen molar-refractivity contribution < 1.29 is 9.53 Å². The number of rotatable bonds is 5. The average Bonchev–Trinajstić information content (AvgIpc) is 3.47. The number of carbonyl (C=O) groups excluding carboxylic acids is 1. The van der Waals surface area contributed by atoms with Crippen LogP contribution in [0.4, 0.5) is 0 Å². The summed E-state index contributed by atoms with van der Waals surface area (Å²) in [7, 11) is 0. The Hall–Kier alpha value is -3.19. The van der Waals surface area contributed by atoms with Crippen molar-refractivity contribution in [2.45, 2.75) is 25.5 Å². The van der Waals surface area contributed by atoms with Gasteiger partial charge in [-0.3, -0.25) is 4.79 Å². The number of hydrogen-bond donors (Lipinski definition) is 0. The molecule has 0 aliphatic carbocycles. The summed E-state index contributed by atoms with van der Waals surface area (Å²) < 4.78 is 8.05. The van der Waals surface area contributed by atoms with E-state index in [0.29, 0.717) is 24.0 Å². The molecule has 1 aliphatic heterocycles. The number of aromatic nitrogens is 3. The van der Waals surface area contributed by atoms with E-state index in [1.54, 1.807) is 16.8 Å². The van der Waals surface area contributed by atoms with Crippen molar-refractivity contribution in [3.63, 3.8) is 0 Å². The van der Waals surface area contributed by atoms with E-state index in [1.165, 1.54) is 0 Å². The highest BCUT2D eigenvalue weighted by atomic mass is 32.1. The van der Waals surface area contributed by atoms with Crippen LogP contribution in [0.1, 0.15) is 34.9 Å². The Bertz CT molecular complexity index is 1150. The van der Waals surface area contributed by atoms with Gasteiger partial charge < -0.3 is 14.2 Å². The molecule has 1 saturated heterocycles. The van der Waals surface area contributed by atoms with Gasteiger partial charge in [-0.05, 0) is 43.2 Å². The molecule has 2 aromatic carbocycles. The van der Waals surface area contributed by atoms with Gasteiger partial charge in [0, 0.05) is 30.1 Å². The van der Waals surface area contributed by atoms with Gasteiger partial charge in [-0.25, -0.2) is 9.97 Å². The number of thiazole rings is 1. The van der Waals surface area contributed by atoms with Gasteiger partial charge >= 0.3 is 0 Å². The zero-order valence-corrected chi connectivity index (χ0v) is 17.3. The maximum absolute atomic E-state index is 13.0. The third kappa shape index (κ3) is 3.80. The van der Waals surface area contributed by atoms with E-state index in [1.807, 2.05) is 59.1 Å². The number of carbonyl (C=O) groups is 1. The summed E-state index contributed by atoms with van der Waals surface area (Å²) in [5.74, 6) is 0.747. The summed E-state index contributed by atoms with van der Waals surface area (Å²) in [4.78, 5) is 23.7. The number of piperidine rings is 1. The Morgan fingerprint density at radius 2 is 1.97 bits per heavy atom. The van der Waals surface area contributed by atoms with Crippen LogP contribution in [0.25, 0.3) is 11.0 Å². The molecule has 6 nitrogen and oxygen atoms in total. The molecule has 0 atom stereocenters. The van der Waals surface area contributed by atoms with Crippen LogP contribution in [0.3, 0.4) is 0 Å². The minimum atomic E-state index is 0.0584. The number of benzene rings is 2. The summed E-state index contributed by atoms with van der Waals surface area (Å²) in [5.41, 5.74) is 5.52. The molecule has 7 heteroatoms. The summed E-state index contributed by atoms with van der Waals surface area (Å²) in [5, 5.41) is 1.96. The largest absolute Gasteiger partial charge is 0.487 e. The molecule has 0 spiro atoms. The Kier molecular flexibility index (Phi) is 5.19. The SMILES string of the molecule is O=C(c1cccc(OCc2cscn2)c1)N1CCC(n2cnc3ccccc32)CC1. The van der Waals surface area contributed by atoms with E-state index >= 15 is 0 Å². The van der Waals surface area contributed by atoms with Crippen LogP contribution in [-0.4, -0.2) is 38.4 Å². The monoisotopic (exact) mass is 418 g/mol. The molecule has 152 valence electrons. The minimum absolute atomic E-state index is 0.0584. The van der Waals surface area contributed by atoms with E-state index < -0.39 is 0 Å². The number of para-hydroxylation sites is 2. The van der Waals surface area contributed by atoms with Gasteiger partial charge in [0.2, 0.25) is 0 Å². The smallest absolute Gasteiger partial charge is 0.253 e. The molecule has 2 aromatic heterocycles. The Morgan fingerprint density at radius 3 is 2.80 bits per heavy atom. The van der Waals surface area contributed by atoms with Crippen molar-refractivity contribution in [2.75, 3.05) is 13.1 Å². The van der Waals surface area contributed by atoms with Crippen LogP contribution in [0.2, 0.25) is 0 Å². The highest BCUT2D eigenvalue weighted by molar-refractivity contribution is 7.07. The fourth-order valence-electron chi connectivity index (χ4n) is 3.98. The van der Waals surface area contributed by atoms with Crippen molar-refractivity contribution in [3.05, 3.63) is 77.0 Å². The van der Waals surface area contributed by atoms with Crippen molar-refractivity contribution in [2.24, 2.45) is 0 Å². The van der Waals surface area contributed by atoms with E-state index in [0.717, 1.165) is 42.7 Å². The van der Waals surface area contributed by atoms with Crippen LogP contribution in [0, 0.1) is 0 Å². The summed E-state index contributed by atoms with van der Waals surface area (Å²) in [6.45, 7) is 1.88. The molecule has 0 unspecified atom stereocenters. The second-order valence-electron chi connectivity index (χ2n) is 7.46. The lowest BCUT2D eigenvalue weighted by atomic mass is 10.0. The van der Waals surface area contributed by atoms with Crippen LogP contribution in [0.15, 0.2) is 65.7 Å². The molecule has 0 N–H and O–H groups in total. The Labute approximate surface area is 178 Å². The number of ether oxygens (including phenoxy) is 1.